The van der Waals surface area contributed by atoms with E-state index in [1.54, 1.807) is 24.3 Å². The van der Waals surface area contributed by atoms with E-state index in [-0.39, 0.29) is 0 Å². The number of rotatable bonds is 3. The third-order valence-electron chi connectivity index (χ3n) is 2.42. The smallest absolute Gasteiger partial charge is 0.137 e. The van der Waals surface area contributed by atoms with E-state index in [9.17, 15) is 5.11 Å². The van der Waals surface area contributed by atoms with Gasteiger partial charge in [-0.25, -0.2) is 0 Å². The summed E-state index contributed by atoms with van der Waals surface area (Å²) in [5.41, 5.74) is 0.710. The zero-order valence-electron chi connectivity index (χ0n) is 9.28. The van der Waals surface area contributed by atoms with Crippen molar-refractivity contribution in [3.8, 4) is 5.75 Å². The minimum atomic E-state index is -0.745. The van der Waals surface area contributed by atoms with Gasteiger partial charge in [-0.2, -0.15) is 0 Å². The lowest BCUT2D eigenvalue weighted by Gasteiger charge is -2.11. The Hall–Kier alpha value is -0.260. The lowest BCUT2D eigenvalue weighted by atomic mass is 10.1. The third kappa shape index (κ3) is 2.83. The monoisotopic (exact) mass is 366 g/mol. The summed E-state index contributed by atoms with van der Waals surface area (Å²) in [6.07, 6.45) is -0.745. The summed E-state index contributed by atoms with van der Waals surface area (Å²) in [7, 11) is 1.54. The van der Waals surface area contributed by atoms with Crippen molar-refractivity contribution in [3.63, 3.8) is 0 Å². The lowest BCUT2D eigenvalue weighted by molar-refractivity contribution is 0.223. The van der Waals surface area contributed by atoms with Gasteiger partial charge in [0.15, 0.2) is 0 Å². The van der Waals surface area contributed by atoms with E-state index in [0.29, 0.717) is 20.7 Å². The summed E-state index contributed by atoms with van der Waals surface area (Å²) in [6, 6.07) is 6.98. The molecular formula is C12H9BrCl2O2S. The molecule has 1 heterocycles. The molecule has 2 nitrogen and oxygen atoms in total. The molecule has 0 aliphatic heterocycles. The van der Waals surface area contributed by atoms with Crippen molar-refractivity contribution in [1.29, 1.82) is 0 Å². The van der Waals surface area contributed by atoms with Gasteiger partial charge in [0.2, 0.25) is 0 Å². The van der Waals surface area contributed by atoms with Gasteiger partial charge in [-0.1, -0.05) is 29.3 Å². The molecule has 2 aromatic rings. The SMILES string of the molecule is COc1cc(C(O)c2cc(Br)c(Cl)s2)ccc1Cl. The Balaban J connectivity index is 2.36. The Morgan fingerprint density at radius 2 is 2.06 bits per heavy atom. The highest BCUT2D eigenvalue weighted by Gasteiger charge is 2.16. The van der Waals surface area contributed by atoms with Crippen LogP contribution in [0.1, 0.15) is 16.5 Å². The van der Waals surface area contributed by atoms with Crippen molar-refractivity contribution in [2.45, 2.75) is 6.10 Å². The normalized spacial score (nSPS) is 12.5. The number of hydrogen-bond donors (Lipinski definition) is 1. The second-order valence-electron chi connectivity index (χ2n) is 3.57. The zero-order valence-corrected chi connectivity index (χ0v) is 13.2. The van der Waals surface area contributed by atoms with Crippen LogP contribution in [0.15, 0.2) is 28.7 Å². The van der Waals surface area contributed by atoms with E-state index in [1.165, 1.54) is 18.4 Å². The van der Waals surface area contributed by atoms with E-state index in [1.807, 2.05) is 0 Å². The molecule has 1 unspecified atom stereocenters. The Bertz CT molecular complexity index is 552. The Morgan fingerprint density at radius 1 is 1.33 bits per heavy atom. The van der Waals surface area contributed by atoms with E-state index >= 15 is 0 Å². The molecular weight excluding hydrogens is 359 g/mol. The Morgan fingerprint density at radius 3 is 2.61 bits per heavy atom. The van der Waals surface area contributed by atoms with Crippen molar-refractivity contribution >= 4 is 50.5 Å². The molecule has 0 saturated carbocycles. The molecule has 2 rings (SSSR count). The molecule has 1 aromatic heterocycles. The van der Waals surface area contributed by atoms with Crippen LogP contribution in [0.3, 0.4) is 0 Å². The highest BCUT2D eigenvalue weighted by atomic mass is 79.9. The summed E-state index contributed by atoms with van der Waals surface area (Å²) < 4.78 is 6.52. The fourth-order valence-corrected chi connectivity index (χ4v) is 3.45. The minimum Gasteiger partial charge on any atom is -0.495 e. The second-order valence-corrected chi connectivity index (χ2v) is 6.51. The Labute approximate surface area is 127 Å². The molecule has 0 fully saturated rings. The average molecular weight is 368 g/mol. The van der Waals surface area contributed by atoms with Crippen molar-refractivity contribution < 1.29 is 9.84 Å². The topological polar surface area (TPSA) is 29.5 Å². The van der Waals surface area contributed by atoms with Gasteiger partial charge in [0, 0.05) is 9.35 Å². The van der Waals surface area contributed by atoms with Crippen LogP contribution in [-0.2, 0) is 0 Å². The molecule has 0 bridgehead atoms. The summed E-state index contributed by atoms with van der Waals surface area (Å²) in [6.45, 7) is 0. The summed E-state index contributed by atoms with van der Waals surface area (Å²) in [5.74, 6) is 0.537. The van der Waals surface area contributed by atoms with Crippen LogP contribution in [0, 0.1) is 0 Å². The number of halogens is 3. The average Bonchev–Trinajstić information content (AvgIpc) is 2.69. The first-order chi connectivity index (χ1) is 8.52. The molecule has 1 atom stereocenters. The zero-order chi connectivity index (χ0) is 13.3. The molecule has 0 saturated heterocycles. The highest BCUT2D eigenvalue weighted by molar-refractivity contribution is 9.10. The van der Waals surface area contributed by atoms with E-state index in [2.05, 4.69) is 15.9 Å². The van der Waals surface area contributed by atoms with Crippen LogP contribution < -0.4 is 4.74 Å². The van der Waals surface area contributed by atoms with Crippen LogP contribution in [0.2, 0.25) is 9.36 Å². The summed E-state index contributed by atoms with van der Waals surface area (Å²) >= 11 is 16.6. The van der Waals surface area contributed by atoms with Crippen LogP contribution in [-0.4, -0.2) is 12.2 Å². The van der Waals surface area contributed by atoms with E-state index in [4.69, 9.17) is 27.9 Å². The molecule has 96 valence electrons. The first-order valence-corrected chi connectivity index (χ1v) is 7.35. The number of methoxy groups -OCH3 is 1. The molecule has 1 aromatic carbocycles. The van der Waals surface area contributed by atoms with Crippen molar-refractivity contribution in [2.75, 3.05) is 7.11 Å². The quantitative estimate of drug-likeness (QED) is 0.835. The van der Waals surface area contributed by atoms with Gasteiger partial charge in [0.05, 0.1) is 12.1 Å². The van der Waals surface area contributed by atoms with Crippen LogP contribution in [0.4, 0.5) is 0 Å². The van der Waals surface area contributed by atoms with E-state index in [0.717, 1.165) is 9.35 Å². The number of aliphatic hydroxyl groups excluding tert-OH is 1. The summed E-state index contributed by atoms with van der Waals surface area (Å²) in [4.78, 5) is 0.760. The highest BCUT2D eigenvalue weighted by Crippen LogP contribution is 2.38. The van der Waals surface area contributed by atoms with Crippen LogP contribution >= 0.6 is 50.5 Å². The van der Waals surface area contributed by atoms with Crippen LogP contribution in [0.5, 0.6) is 5.75 Å². The fraction of sp³-hybridized carbons (Fsp3) is 0.167. The van der Waals surface area contributed by atoms with Crippen molar-refractivity contribution in [1.82, 2.24) is 0 Å². The van der Waals surface area contributed by atoms with Crippen LogP contribution in [0.25, 0.3) is 0 Å². The minimum absolute atomic E-state index is 0.513. The van der Waals surface area contributed by atoms with Crippen molar-refractivity contribution in [3.05, 3.63) is 48.5 Å². The van der Waals surface area contributed by atoms with Gasteiger partial charge < -0.3 is 9.84 Å². The van der Waals surface area contributed by atoms with Gasteiger partial charge in [-0.15, -0.1) is 11.3 Å². The van der Waals surface area contributed by atoms with Crippen molar-refractivity contribution in [2.24, 2.45) is 0 Å². The molecule has 6 heteroatoms. The molecule has 18 heavy (non-hydrogen) atoms. The number of benzene rings is 1. The lowest BCUT2D eigenvalue weighted by Crippen LogP contribution is -1.97. The number of ether oxygens (including phenoxy) is 1. The van der Waals surface area contributed by atoms with Gasteiger partial charge in [-0.3, -0.25) is 0 Å². The maximum Gasteiger partial charge on any atom is 0.137 e. The maximum atomic E-state index is 10.3. The molecule has 0 spiro atoms. The van der Waals surface area contributed by atoms with Gasteiger partial charge in [0.25, 0.3) is 0 Å². The molecule has 0 aliphatic carbocycles. The predicted octanol–water partition coefficient (Wildman–Crippen LogP) is 4.91. The van der Waals surface area contributed by atoms with Gasteiger partial charge in [0.1, 0.15) is 16.2 Å². The largest absolute Gasteiger partial charge is 0.495 e. The Kier molecular flexibility index (Phi) is 4.56. The number of hydrogen-bond acceptors (Lipinski definition) is 3. The molecule has 1 N–H and O–H groups in total. The van der Waals surface area contributed by atoms with Gasteiger partial charge >= 0.3 is 0 Å². The summed E-state index contributed by atoms with van der Waals surface area (Å²) in [5, 5.41) is 10.8. The van der Waals surface area contributed by atoms with Gasteiger partial charge in [-0.05, 0) is 39.7 Å². The first kappa shape index (κ1) is 14.2. The predicted molar refractivity (Wildman–Crippen MR) is 79.1 cm³/mol. The van der Waals surface area contributed by atoms with E-state index < -0.39 is 6.10 Å². The number of aliphatic hydroxyl groups is 1. The number of thiophene rings is 1. The fourth-order valence-electron chi connectivity index (χ4n) is 1.51. The first-order valence-electron chi connectivity index (χ1n) is 4.99. The third-order valence-corrected chi connectivity index (χ3v) is 5.26. The molecule has 0 aliphatic rings. The standard InChI is InChI=1S/C12H9BrCl2O2S/c1-17-9-4-6(2-3-8(9)14)11(16)10-5-7(13)12(15)18-10/h2-5,11,16H,1H3. The molecule has 0 amide bonds. The second kappa shape index (κ2) is 5.80. The molecule has 0 radical (unpaired) electrons. The maximum absolute atomic E-state index is 10.3.